The lowest BCUT2D eigenvalue weighted by Crippen LogP contribution is -2.31. The number of hydrogen-bond donors (Lipinski definition) is 0. The molecule has 2 nitrogen and oxygen atoms in total. The van der Waals surface area contributed by atoms with Crippen LogP contribution >= 0.6 is 24.8 Å². The van der Waals surface area contributed by atoms with Crippen molar-refractivity contribution in [1.29, 1.82) is 0 Å². The van der Waals surface area contributed by atoms with E-state index in [-0.39, 0.29) is 24.8 Å². The third-order valence-electron chi connectivity index (χ3n) is 3.23. The van der Waals surface area contributed by atoms with Gasteiger partial charge in [0.1, 0.15) is 0 Å². The second-order valence-corrected chi connectivity index (χ2v) is 4.63. The Morgan fingerprint density at radius 3 is 2.35 bits per heavy atom. The Kier molecular flexibility index (Phi) is 7.80. The number of rotatable bonds is 3. The van der Waals surface area contributed by atoms with Crippen molar-refractivity contribution in [2.45, 2.75) is 19.0 Å². The number of likely N-dealkylation sites (tertiary alicyclic amines) is 1. The Hall–Kier alpha value is -0.280. The highest BCUT2D eigenvalue weighted by molar-refractivity contribution is 5.85. The molecule has 4 heteroatoms. The Morgan fingerprint density at radius 2 is 1.82 bits per heavy atom. The largest absolute Gasteiger partial charge is 0.305 e. The maximum atomic E-state index is 2.54. The molecule has 1 saturated heterocycles. The monoisotopic (exact) mass is 276 g/mol. The Bertz CT molecular complexity index is 304. The van der Waals surface area contributed by atoms with E-state index in [2.05, 4.69) is 54.2 Å². The van der Waals surface area contributed by atoms with Crippen molar-refractivity contribution in [2.24, 2.45) is 0 Å². The van der Waals surface area contributed by atoms with Gasteiger partial charge in [-0.05, 0) is 26.1 Å². The topological polar surface area (TPSA) is 6.48 Å². The summed E-state index contributed by atoms with van der Waals surface area (Å²) < 4.78 is 0. The average molecular weight is 277 g/mol. The number of benzene rings is 1. The van der Waals surface area contributed by atoms with Crippen LogP contribution in [0.1, 0.15) is 12.0 Å². The molecule has 0 aromatic heterocycles. The van der Waals surface area contributed by atoms with Crippen molar-refractivity contribution in [2.75, 3.05) is 27.2 Å². The maximum Gasteiger partial charge on any atom is 0.0234 e. The number of nitrogens with zero attached hydrogens (tertiary/aromatic N) is 2. The van der Waals surface area contributed by atoms with E-state index in [4.69, 9.17) is 0 Å². The van der Waals surface area contributed by atoms with Crippen molar-refractivity contribution >= 4 is 24.8 Å². The SMILES string of the molecule is CN(C)[C@@H]1CCN(Cc2ccccc2)C1.Cl.Cl. The summed E-state index contributed by atoms with van der Waals surface area (Å²) in [5, 5.41) is 0. The highest BCUT2D eigenvalue weighted by Crippen LogP contribution is 2.15. The van der Waals surface area contributed by atoms with E-state index < -0.39 is 0 Å². The molecule has 1 aromatic carbocycles. The summed E-state index contributed by atoms with van der Waals surface area (Å²) in [6.07, 6.45) is 1.31. The summed E-state index contributed by atoms with van der Waals surface area (Å²) in [5.41, 5.74) is 1.43. The fraction of sp³-hybridized carbons (Fsp3) is 0.538. The molecule has 0 spiro atoms. The van der Waals surface area contributed by atoms with Gasteiger partial charge in [0, 0.05) is 25.7 Å². The van der Waals surface area contributed by atoms with Crippen LogP contribution in [-0.4, -0.2) is 43.0 Å². The molecular formula is C13H22Cl2N2. The van der Waals surface area contributed by atoms with Crippen LogP contribution in [0, 0.1) is 0 Å². The van der Waals surface area contributed by atoms with Gasteiger partial charge in [0.25, 0.3) is 0 Å². The van der Waals surface area contributed by atoms with Crippen LogP contribution in [0.25, 0.3) is 0 Å². The van der Waals surface area contributed by atoms with Gasteiger partial charge < -0.3 is 4.90 Å². The normalized spacial score (nSPS) is 19.8. The maximum absolute atomic E-state index is 2.54. The number of halogens is 2. The molecule has 1 aliphatic rings. The first-order valence-electron chi connectivity index (χ1n) is 5.68. The molecule has 0 unspecified atom stereocenters. The third kappa shape index (κ3) is 4.84. The second kappa shape index (κ2) is 7.93. The van der Waals surface area contributed by atoms with Gasteiger partial charge in [-0.1, -0.05) is 30.3 Å². The van der Waals surface area contributed by atoms with E-state index in [0.717, 1.165) is 12.6 Å². The fourth-order valence-electron chi connectivity index (χ4n) is 2.22. The van der Waals surface area contributed by atoms with Crippen LogP contribution in [-0.2, 0) is 6.54 Å². The minimum absolute atomic E-state index is 0. The minimum atomic E-state index is 0. The molecule has 0 aliphatic carbocycles. The molecule has 0 radical (unpaired) electrons. The van der Waals surface area contributed by atoms with E-state index in [1.54, 1.807) is 0 Å². The van der Waals surface area contributed by atoms with Crippen LogP contribution in [0.5, 0.6) is 0 Å². The molecule has 1 heterocycles. The molecule has 17 heavy (non-hydrogen) atoms. The minimum Gasteiger partial charge on any atom is -0.305 e. The summed E-state index contributed by atoms with van der Waals surface area (Å²) in [6.45, 7) is 3.55. The molecule has 1 aliphatic heterocycles. The summed E-state index contributed by atoms with van der Waals surface area (Å²) in [6, 6.07) is 11.5. The first-order chi connectivity index (χ1) is 7.25. The molecule has 0 amide bonds. The van der Waals surface area contributed by atoms with Crippen LogP contribution in [0.4, 0.5) is 0 Å². The highest BCUT2D eigenvalue weighted by atomic mass is 35.5. The second-order valence-electron chi connectivity index (χ2n) is 4.63. The van der Waals surface area contributed by atoms with Crippen LogP contribution < -0.4 is 0 Å². The molecule has 0 bridgehead atoms. The quantitative estimate of drug-likeness (QED) is 0.838. The van der Waals surface area contributed by atoms with Gasteiger partial charge in [-0.25, -0.2) is 0 Å². The Morgan fingerprint density at radius 1 is 1.18 bits per heavy atom. The van der Waals surface area contributed by atoms with Crippen molar-refractivity contribution in [1.82, 2.24) is 9.80 Å². The molecule has 1 atom stereocenters. The zero-order valence-corrected chi connectivity index (χ0v) is 12.1. The zero-order valence-electron chi connectivity index (χ0n) is 10.5. The Labute approximate surface area is 117 Å². The highest BCUT2D eigenvalue weighted by Gasteiger charge is 2.23. The van der Waals surface area contributed by atoms with Crippen LogP contribution in [0.2, 0.25) is 0 Å². The molecule has 1 aromatic rings. The van der Waals surface area contributed by atoms with E-state index >= 15 is 0 Å². The molecule has 98 valence electrons. The zero-order chi connectivity index (χ0) is 10.7. The van der Waals surface area contributed by atoms with Gasteiger partial charge in [-0.15, -0.1) is 24.8 Å². The van der Waals surface area contributed by atoms with E-state index in [1.807, 2.05) is 0 Å². The third-order valence-corrected chi connectivity index (χ3v) is 3.23. The van der Waals surface area contributed by atoms with Crippen molar-refractivity contribution in [3.63, 3.8) is 0 Å². The van der Waals surface area contributed by atoms with Gasteiger partial charge in [-0.2, -0.15) is 0 Å². The smallest absolute Gasteiger partial charge is 0.0234 e. The first kappa shape index (κ1) is 16.7. The lowest BCUT2D eigenvalue weighted by molar-refractivity contribution is 0.264. The van der Waals surface area contributed by atoms with Crippen molar-refractivity contribution < 1.29 is 0 Å². The van der Waals surface area contributed by atoms with Gasteiger partial charge in [0.05, 0.1) is 0 Å². The van der Waals surface area contributed by atoms with Crippen LogP contribution in [0.15, 0.2) is 30.3 Å². The summed E-state index contributed by atoms with van der Waals surface area (Å²) in [7, 11) is 4.35. The van der Waals surface area contributed by atoms with Gasteiger partial charge in [-0.3, -0.25) is 4.90 Å². The predicted octanol–water partition coefficient (Wildman–Crippen LogP) is 2.67. The number of likely N-dealkylation sites (N-methyl/N-ethyl adjacent to an activating group) is 1. The van der Waals surface area contributed by atoms with E-state index in [1.165, 1.54) is 25.1 Å². The molecular weight excluding hydrogens is 255 g/mol. The Balaban J connectivity index is 0.00000128. The lowest BCUT2D eigenvalue weighted by atomic mass is 10.2. The van der Waals surface area contributed by atoms with E-state index in [9.17, 15) is 0 Å². The first-order valence-corrected chi connectivity index (χ1v) is 5.68. The average Bonchev–Trinajstić information content (AvgIpc) is 2.68. The molecule has 2 rings (SSSR count). The van der Waals surface area contributed by atoms with Crippen molar-refractivity contribution in [3.8, 4) is 0 Å². The molecule has 1 fully saturated rings. The standard InChI is InChI=1S/C13H20N2.2ClH/c1-14(2)13-8-9-15(11-13)10-12-6-4-3-5-7-12;;/h3-7,13H,8-11H2,1-2H3;2*1H/t13-;;/m1../s1. The van der Waals surface area contributed by atoms with Crippen LogP contribution in [0.3, 0.4) is 0 Å². The summed E-state index contributed by atoms with van der Waals surface area (Å²) >= 11 is 0. The summed E-state index contributed by atoms with van der Waals surface area (Å²) in [5.74, 6) is 0. The van der Waals surface area contributed by atoms with Gasteiger partial charge >= 0.3 is 0 Å². The molecule has 0 N–H and O–H groups in total. The number of hydrogen-bond acceptors (Lipinski definition) is 2. The molecule has 0 saturated carbocycles. The lowest BCUT2D eigenvalue weighted by Gasteiger charge is -2.20. The summed E-state index contributed by atoms with van der Waals surface area (Å²) in [4.78, 5) is 4.88. The van der Waals surface area contributed by atoms with E-state index in [0.29, 0.717) is 0 Å². The fourth-order valence-corrected chi connectivity index (χ4v) is 2.22. The predicted molar refractivity (Wildman–Crippen MR) is 78.3 cm³/mol. The van der Waals surface area contributed by atoms with Gasteiger partial charge in [0.15, 0.2) is 0 Å². The van der Waals surface area contributed by atoms with Gasteiger partial charge in [0.2, 0.25) is 0 Å². The van der Waals surface area contributed by atoms with Crippen molar-refractivity contribution in [3.05, 3.63) is 35.9 Å².